The summed E-state index contributed by atoms with van der Waals surface area (Å²) in [5, 5.41) is 1.40. The minimum atomic E-state index is 1.25. The second-order valence-corrected chi connectivity index (χ2v) is 4.28. The number of hydrogen-bond donors (Lipinski definition) is 0. The van der Waals surface area contributed by atoms with Crippen molar-refractivity contribution < 1.29 is 0 Å². The van der Waals surface area contributed by atoms with Crippen LogP contribution in [0.15, 0.2) is 30.3 Å². The molecule has 0 atom stereocenters. The summed E-state index contributed by atoms with van der Waals surface area (Å²) in [5.41, 5.74) is 0. The summed E-state index contributed by atoms with van der Waals surface area (Å²) < 4.78 is 0. The highest BCUT2D eigenvalue weighted by atomic mass is 31.1. The van der Waals surface area contributed by atoms with Crippen LogP contribution >= 0.6 is 8.20 Å². The molecule has 0 unspecified atom stereocenters. The monoisotopic (exact) mass is 192 g/mol. The van der Waals surface area contributed by atoms with Gasteiger partial charge in [-0.2, -0.15) is 0 Å². The zero-order chi connectivity index (χ0) is 9.36. The van der Waals surface area contributed by atoms with Crippen molar-refractivity contribution in [3.63, 3.8) is 0 Å². The van der Waals surface area contributed by atoms with Crippen molar-refractivity contribution >= 4 is 19.3 Å². The van der Waals surface area contributed by atoms with Crippen molar-refractivity contribution in [2.24, 2.45) is 0 Å². The second kappa shape index (κ2) is 6.86. The molecular weight excluding hydrogens is 175 g/mol. The molecule has 0 spiro atoms. The van der Waals surface area contributed by atoms with Gasteiger partial charge in [-0.05, 0) is 12.8 Å². The normalized spacial score (nSPS) is 10.8. The summed E-state index contributed by atoms with van der Waals surface area (Å²) >= 11 is 0. The number of hydrogen-bond acceptors (Lipinski definition) is 0. The Balaban J connectivity index is 2.25. The minimum Gasteiger partial charge on any atom is -0.0729 e. The van der Waals surface area contributed by atoms with Gasteiger partial charge in [-0.1, -0.05) is 64.1 Å². The highest BCUT2D eigenvalue weighted by Crippen LogP contribution is 2.01. The number of rotatable bonds is 5. The Labute approximate surface area is 82.8 Å². The van der Waals surface area contributed by atoms with Crippen LogP contribution in [-0.4, -0.2) is 5.80 Å². The summed E-state index contributed by atoms with van der Waals surface area (Å²) in [6.07, 6.45) is 5.28. The lowest BCUT2D eigenvalue weighted by Crippen LogP contribution is -1.88. The van der Waals surface area contributed by atoms with E-state index >= 15 is 0 Å². The average Bonchev–Trinajstić information content (AvgIpc) is 2.19. The van der Waals surface area contributed by atoms with Crippen LogP contribution in [0.1, 0.15) is 32.6 Å². The predicted molar refractivity (Wildman–Crippen MR) is 63.2 cm³/mol. The van der Waals surface area contributed by atoms with E-state index in [4.69, 9.17) is 0 Å². The van der Waals surface area contributed by atoms with Crippen LogP contribution in [0.4, 0.5) is 0 Å². The minimum absolute atomic E-state index is 1.25. The van der Waals surface area contributed by atoms with E-state index in [1.165, 1.54) is 39.2 Å². The van der Waals surface area contributed by atoms with Gasteiger partial charge in [0.2, 0.25) is 0 Å². The highest BCUT2D eigenvalue weighted by Gasteiger charge is 1.84. The summed E-state index contributed by atoms with van der Waals surface area (Å²) in [6, 6.07) is 10.6. The molecule has 1 aromatic rings. The largest absolute Gasteiger partial charge is 0.0729 e. The third-order valence-electron chi connectivity index (χ3n) is 1.93. The maximum Gasteiger partial charge on any atom is 0.00146 e. The first-order chi connectivity index (χ1) is 6.43. The van der Waals surface area contributed by atoms with Gasteiger partial charge in [0.25, 0.3) is 0 Å². The van der Waals surface area contributed by atoms with Crippen LogP contribution in [0.25, 0.3) is 0 Å². The van der Waals surface area contributed by atoms with Gasteiger partial charge in [0.15, 0.2) is 0 Å². The van der Waals surface area contributed by atoms with E-state index in [-0.39, 0.29) is 0 Å². The third-order valence-corrected chi connectivity index (χ3v) is 2.97. The molecule has 0 nitrogen and oxygen atoms in total. The fourth-order valence-corrected chi connectivity index (χ4v) is 2.04. The Morgan fingerprint density at radius 3 is 2.62 bits per heavy atom. The third kappa shape index (κ3) is 4.85. The van der Waals surface area contributed by atoms with E-state index in [9.17, 15) is 0 Å². The molecule has 0 saturated heterocycles. The molecule has 1 rings (SSSR count). The van der Waals surface area contributed by atoms with Gasteiger partial charge in [-0.3, -0.25) is 0 Å². The molecule has 0 radical (unpaired) electrons. The molecule has 0 aliphatic rings. The molecule has 0 saturated carbocycles. The van der Waals surface area contributed by atoms with E-state index in [1.807, 2.05) is 0 Å². The molecule has 0 amide bonds. The first kappa shape index (κ1) is 10.5. The van der Waals surface area contributed by atoms with Crippen LogP contribution in [-0.2, 0) is 0 Å². The van der Waals surface area contributed by atoms with E-state index in [2.05, 4.69) is 43.1 Å². The van der Waals surface area contributed by atoms with Gasteiger partial charge in [-0.25, -0.2) is 0 Å². The Morgan fingerprint density at radius 1 is 1.15 bits per heavy atom. The molecule has 70 valence electrons. The van der Waals surface area contributed by atoms with Crippen LogP contribution < -0.4 is 5.30 Å². The van der Waals surface area contributed by atoms with Gasteiger partial charge in [0.1, 0.15) is 0 Å². The molecule has 1 aromatic carbocycles. The lowest BCUT2D eigenvalue weighted by molar-refractivity contribution is 0.748. The molecule has 0 aliphatic heterocycles. The summed E-state index contributed by atoms with van der Waals surface area (Å²) in [5.74, 6) is 2.37. The van der Waals surface area contributed by atoms with E-state index in [0.717, 1.165) is 0 Å². The molecule has 1 heteroatoms. The Morgan fingerprint density at radius 2 is 1.92 bits per heavy atom. The second-order valence-electron chi connectivity index (χ2n) is 3.14. The van der Waals surface area contributed by atoms with Gasteiger partial charge >= 0.3 is 0 Å². The standard InChI is InChI=1S/C12H17P/c1-2-3-4-8-11-13-12-9-6-5-7-10-12/h5-7,9-11H,2-4,8H2,1H3. The lowest BCUT2D eigenvalue weighted by Gasteiger charge is -1.92. The highest BCUT2D eigenvalue weighted by molar-refractivity contribution is 7.47. The topological polar surface area (TPSA) is 0 Å². The van der Waals surface area contributed by atoms with Gasteiger partial charge in [0.05, 0.1) is 0 Å². The van der Waals surface area contributed by atoms with Crippen molar-refractivity contribution in [3.05, 3.63) is 30.3 Å². The number of benzene rings is 1. The first-order valence-electron chi connectivity index (χ1n) is 5.01. The van der Waals surface area contributed by atoms with E-state index < -0.39 is 0 Å². The van der Waals surface area contributed by atoms with Crippen molar-refractivity contribution in [2.45, 2.75) is 32.6 Å². The molecular formula is C12H17P. The Kier molecular flexibility index (Phi) is 5.52. The zero-order valence-electron chi connectivity index (χ0n) is 8.24. The lowest BCUT2D eigenvalue weighted by atomic mass is 10.2. The summed E-state index contributed by atoms with van der Waals surface area (Å²) in [7, 11) is 1.37. The van der Waals surface area contributed by atoms with E-state index in [0.29, 0.717) is 0 Å². The maximum absolute atomic E-state index is 2.37. The fraction of sp³-hybridized carbons (Fsp3) is 0.417. The van der Waals surface area contributed by atoms with Crippen LogP contribution in [0.2, 0.25) is 0 Å². The molecule has 0 bridgehead atoms. The van der Waals surface area contributed by atoms with Crippen molar-refractivity contribution in [1.29, 1.82) is 0 Å². The van der Waals surface area contributed by atoms with Gasteiger partial charge in [0, 0.05) is 5.30 Å². The summed E-state index contributed by atoms with van der Waals surface area (Å²) in [6.45, 7) is 2.24. The molecule has 0 N–H and O–H groups in total. The summed E-state index contributed by atoms with van der Waals surface area (Å²) in [4.78, 5) is 0. The molecule has 13 heavy (non-hydrogen) atoms. The molecule has 0 heterocycles. The van der Waals surface area contributed by atoms with Crippen molar-refractivity contribution in [1.82, 2.24) is 0 Å². The zero-order valence-corrected chi connectivity index (χ0v) is 9.13. The first-order valence-corrected chi connectivity index (χ1v) is 5.97. The van der Waals surface area contributed by atoms with Gasteiger partial charge < -0.3 is 0 Å². The van der Waals surface area contributed by atoms with Crippen molar-refractivity contribution in [2.75, 3.05) is 0 Å². The maximum atomic E-state index is 2.37. The predicted octanol–water partition coefficient (Wildman–Crippen LogP) is 3.64. The Hall–Kier alpha value is -0.610. The van der Waals surface area contributed by atoms with Gasteiger partial charge in [-0.15, -0.1) is 0 Å². The quantitative estimate of drug-likeness (QED) is 0.493. The molecule has 0 aliphatic carbocycles. The molecule has 0 aromatic heterocycles. The average molecular weight is 192 g/mol. The molecule has 0 fully saturated rings. The SMILES string of the molecule is CCCCCC=Pc1ccccc1. The van der Waals surface area contributed by atoms with Crippen LogP contribution in [0, 0.1) is 0 Å². The van der Waals surface area contributed by atoms with Crippen LogP contribution in [0.5, 0.6) is 0 Å². The van der Waals surface area contributed by atoms with Crippen LogP contribution in [0.3, 0.4) is 0 Å². The van der Waals surface area contributed by atoms with E-state index in [1.54, 1.807) is 0 Å². The Bertz CT molecular complexity index is 239. The van der Waals surface area contributed by atoms with Crippen molar-refractivity contribution in [3.8, 4) is 0 Å². The smallest absolute Gasteiger partial charge is 0.00146 e. The fourth-order valence-electron chi connectivity index (χ4n) is 1.17. The number of unbranched alkanes of at least 4 members (excludes halogenated alkanes) is 3.